The van der Waals surface area contributed by atoms with Gasteiger partial charge in [-0.25, -0.2) is 0 Å². The number of unbranched alkanes of at least 4 members (excludes halogenated alkanes) is 1. The van der Waals surface area contributed by atoms with Gasteiger partial charge in [-0.05, 0) is 25.6 Å². The van der Waals surface area contributed by atoms with Crippen LogP contribution in [-0.4, -0.2) is 30.4 Å². The van der Waals surface area contributed by atoms with Crippen LogP contribution in [-0.2, 0) is 0 Å². The fourth-order valence-corrected chi connectivity index (χ4v) is 2.44. The lowest BCUT2D eigenvalue weighted by molar-refractivity contribution is 0.313. The Labute approximate surface area is 108 Å². The van der Waals surface area contributed by atoms with E-state index in [2.05, 4.69) is 65.1 Å². The molecule has 16 heavy (non-hydrogen) atoms. The van der Waals surface area contributed by atoms with Gasteiger partial charge < -0.3 is 4.90 Å². The third-order valence-electron chi connectivity index (χ3n) is 2.88. The van der Waals surface area contributed by atoms with Crippen LogP contribution in [0.1, 0.15) is 31.2 Å². The molecule has 1 nitrogen and oxygen atoms in total. The monoisotopic (exact) mass is 283 g/mol. The van der Waals surface area contributed by atoms with Gasteiger partial charge in [-0.1, -0.05) is 59.6 Å². The highest BCUT2D eigenvalue weighted by molar-refractivity contribution is 9.09. The molecule has 1 atom stereocenters. The Morgan fingerprint density at radius 3 is 2.50 bits per heavy atom. The van der Waals surface area contributed by atoms with E-state index in [0.29, 0.717) is 5.92 Å². The topological polar surface area (TPSA) is 3.24 Å². The maximum Gasteiger partial charge on any atom is 0.0112 e. The third kappa shape index (κ3) is 4.67. The summed E-state index contributed by atoms with van der Waals surface area (Å²) in [6, 6.07) is 10.8. The van der Waals surface area contributed by atoms with E-state index in [9.17, 15) is 0 Å². The number of hydrogen-bond acceptors (Lipinski definition) is 1. The molecular weight excluding hydrogens is 262 g/mol. The molecule has 1 unspecified atom stereocenters. The third-order valence-corrected chi connectivity index (χ3v) is 3.66. The minimum atomic E-state index is 0.600. The molecule has 0 fully saturated rings. The van der Waals surface area contributed by atoms with Crippen LogP contribution in [0.4, 0.5) is 0 Å². The van der Waals surface area contributed by atoms with Gasteiger partial charge in [-0.15, -0.1) is 0 Å². The summed E-state index contributed by atoms with van der Waals surface area (Å²) in [4.78, 5) is 2.43. The summed E-state index contributed by atoms with van der Waals surface area (Å²) in [5.74, 6) is 0.600. The van der Waals surface area contributed by atoms with Crippen molar-refractivity contribution in [1.82, 2.24) is 4.90 Å². The van der Waals surface area contributed by atoms with Crippen molar-refractivity contribution in [2.45, 2.75) is 25.7 Å². The van der Waals surface area contributed by atoms with Gasteiger partial charge in [0.1, 0.15) is 0 Å². The first kappa shape index (κ1) is 13.7. The van der Waals surface area contributed by atoms with E-state index in [1.165, 1.54) is 24.9 Å². The lowest BCUT2D eigenvalue weighted by atomic mass is 10.0. The Morgan fingerprint density at radius 2 is 1.94 bits per heavy atom. The first-order chi connectivity index (χ1) is 7.77. The van der Waals surface area contributed by atoms with E-state index in [-0.39, 0.29) is 0 Å². The smallest absolute Gasteiger partial charge is 0.0112 e. The molecule has 0 aliphatic rings. The van der Waals surface area contributed by atoms with Crippen LogP contribution in [0.5, 0.6) is 0 Å². The zero-order chi connectivity index (χ0) is 11.8. The second-order valence-corrected chi connectivity index (χ2v) is 5.03. The highest BCUT2D eigenvalue weighted by atomic mass is 79.9. The van der Waals surface area contributed by atoms with E-state index < -0.39 is 0 Å². The summed E-state index contributed by atoms with van der Waals surface area (Å²) in [5.41, 5.74) is 1.43. The second kappa shape index (κ2) is 7.86. The van der Waals surface area contributed by atoms with Gasteiger partial charge in [-0.2, -0.15) is 0 Å². The van der Waals surface area contributed by atoms with Crippen LogP contribution in [0.3, 0.4) is 0 Å². The SMILES string of the molecule is CCCCN(C)CC(CBr)c1ccccc1. The van der Waals surface area contributed by atoms with Gasteiger partial charge in [0.2, 0.25) is 0 Å². The molecule has 0 amide bonds. The molecule has 1 aromatic rings. The van der Waals surface area contributed by atoms with E-state index >= 15 is 0 Å². The molecule has 0 aliphatic heterocycles. The lowest BCUT2D eigenvalue weighted by Crippen LogP contribution is -2.26. The number of likely N-dealkylation sites (N-methyl/N-ethyl adjacent to an activating group) is 1. The zero-order valence-corrected chi connectivity index (χ0v) is 11.9. The summed E-state index contributed by atoms with van der Waals surface area (Å²) in [7, 11) is 2.22. The first-order valence-electron chi connectivity index (χ1n) is 6.07. The number of rotatable bonds is 7. The van der Waals surface area contributed by atoms with Crippen molar-refractivity contribution in [2.24, 2.45) is 0 Å². The Bertz CT molecular complexity index is 273. The average molecular weight is 284 g/mol. The first-order valence-corrected chi connectivity index (χ1v) is 7.19. The zero-order valence-electron chi connectivity index (χ0n) is 10.3. The van der Waals surface area contributed by atoms with Gasteiger partial charge in [0, 0.05) is 17.8 Å². The molecule has 0 heterocycles. The van der Waals surface area contributed by atoms with Gasteiger partial charge in [0.25, 0.3) is 0 Å². The van der Waals surface area contributed by atoms with Gasteiger partial charge >= 0.3 is 0 Å². The maximum absolute atomic E-state index is 3.62. The quantitative estimate of drug-likeness (QED) is 0.686. The van der Waals surface area contributed by atoms with Crippen molar-refractivity contribution in [2.75, 3.05) is 25.5 Å². The summed E-state index contributed by atoms with van der Waals surface area (Å²) >= 11 is 3.62. The molecule has 0 bridgehead atoms. The minimum Gasteiger partial charge on any atom is -0.306 e. The molecule has 2 heteroatoms. The fourth-order valence-electron chi connectivity index (χ4n) is 1.86. The molecule has 0 saturated heterocycles. The van der Waals surface area contributed by atoms with E-state index in [1.807, 2.05) is 0 Å². The second-order valence-electron chi connectivity index (χ2n) is 4.38. The summed E-state index contributed by atoms with van der Waals surface area (Å²) < 4.78 is 0. The average Bonchev–Trinajstić information content (AvgIpc) is 2.34. The molecule has 90 valence electrons. The minimum absolute atomic E-state index is 0.600. The van der Waals surface area contributed by atoms with Crippen molar-refractivity contribution < 1.29 is 0 Å². The molecule has 0 radical (unpaired) electrons. The number of hydrogen-bond donors (Lipinski definition) is 0. The molecular formula is C14H22BrN. The highest BCUT2D eigenvalue weighted by Gasteiger charge is 2.11. The Balaban J connectivity index is 2.49. The van der Waals surface area contributed by atoms with Gasteiger partial charge in [0.15, 0.2) is 0 Å². The van der Waals surface area contributed by atoms with Crippen LogP contribution in [0.15, 0.2) is 30.3 Å². The lowest BCUT2D eigenvalue weighted by Gasteiger charge is -2.22. The number of alkyl halides is 1. The van der Waals surface area contributed by atoms with Crippen molar-refractivity contribution in [3.05, 3.63) is 35.9 Å². The molecule has 0 aromatic heterocycles. The van der Waals surface area contributed by atoms with Crippen LogP contribution >= 0.6 is 15.9 Å². The standard InChI is InChI=1S/C14H22BrN/c1-3-4-10-16(2)12-14(11-15)13-8-6-5-7-9-13/h5-9,14H,3-4,10-12H2,1-2H3. The Kier molecular flexibility index (Phi) is 6.74. The van der Waals surface area contributed by atoms with Crippen molar-refractivity contribution in [3.8, 4) is 0 Å². The van der Waals surface area contributed by atoms with Crippen LogP contribution in [0.25, 0.3) is 0 Å². The largest absolute Gasteiger partial charge is 0.306 e. The molecule has 0 saturated carbocycles. The normalized spacial score (nSPS) is 13.0. The highest BCUT2D eigenvalue weighted by Crippen LogP contribution is 2.19. The summed E-state index contributed by atoms with van der Waals surface area (Å²) in [6.45, 7) is 4.58. The molecule has 0 aliphatic carbocycles. The van der Waals surface area contributed by atoms with Crippen molar-refractivity contribution >= 4 is 15.9 Å². The van der Waals surface area contributed by atoms with Crippen LogP contribution < -0.4 is 0 Å². The molecule has 1 aromatic carbocycles. The number of benzene rings is 1. The fraction of sp³-hybridized carbons (Fsp3) is 0.571. The Hall–Kier alpha value is -0.340. The molecule has 0 spiro atoms. The predicted molar refractivity (Wildman–Crippen MR) is 75.4 cm³/mol. The van der Waals surface area contributed by atoms with E-state index in [0.717, 1.165) is 11.9 Å². The van der Waals surface area contributed by atoms with Crippen molar-refractivity contribution in [3.63, 3.8) is 0 Å². The van der Waals surface area contributed by atoms with Crippen LogP contribution in [0, 0.1) is 0 Å². The summed E-state index contributed by atoms with van der Waals surface area (Å²) in [5, 5.41) is 1.04. The van der Waals surface area contributed by atoms with E-state index in [4.69, 9.17) is 0 Å². The van der Waals surface area contributed by atoms with Gasteiger partial charge in [-0.3, -0.25) is 0 Å². The number of halogens is 1. The van der Waals surface area contributed by atoms with Crippen LogP contribution in [0.2, 0.25) is 0 Å². The molecule has 0 N–H and O–H groups in total. The van der Waals surface area contributed by atoms with Crippen molar-refractivity contribution in [1.29, 1.82) is 0 Å². The maximum atomic E-state index is 3.62. The Morgan fingerprint density at radius 1 is 1.25 bits per heavy atom. The number of nitrogens with zero attached hydrogens (tertiary/aromatic N) is 1. The predicted octanol–water partition coefficient (Wildman–Crippen LogP) is 3.90. The summed E-state index contributed by atoms with van der Waals surface area (Å²) in [6.07, 6.45) is 2.56. The molecule has 1 rings (SSSR count). The van der Waals surface area contributed by atoms with E-state index in [1.54, 1.807) is 0 Å². The van der Waals surface area contributed by atoms with Gasteiger partial charge in [0.05, 0.1) is 0 Å².